The number of hydrogen-bond acceptors (Lipinski definition) is 2. The molecule has 0 saturated carbocycles. The van der Waals surface area contributed by atoms with E-state index >= 15 is 0 Å². The fraction of sp³-hybridized carbons (Fsp3) is 0.111. The molecule has 1 rings (SSSR count). The third-order valence-corrected chi connectivity index (χ3v) is 3.93. The summed E-state index contributed by atoms with van der Waals surface area (Å²) in [6.45, 7) is 1.42. The number of benzene rings is 1. The van der Waals surface area contributed by atoms with Gasteiger partial charge >= 0.3 is 97.5 Å². The number of hydrogen-bond donors (Lipinski definition) is 2. The van der Waals surface area contributed by atoms with Crippen molar-refractivity contribution in [2.45, 2.75) is 6.92 Å². The van der Waals surface area contributed by atoms with Crippen LogP contribution in [-0.4, -0.2) is 17.0 Å². The van der Waals surface area contributed by atoms with Crippen LogP contribution in [0.2, 0.25) is 0 Å². The molecule has 4 nitrogen and oxygen atoms in total. The van der Waals surface area contributed by atoms with Crippen molar-refractivity contribution in [3.05, 3.63) is 23.8 Å². The average molecular weight is 379 g/mol. The normalized spacial score (nSPS) is 9.64. The number of aromatic carboxylic acids is 1. The van der Waals surface area contributed by atoms with Gasteiger partial charge in [0.2, 0.25) is 0 Å². The van der Waals surface area contributed by atoms with E-state index in [1.807, 2.05) is 0 Å². The summed E-state index contributed by atoms with van der Waals surface area (Å²) in [5.74, 6) is -1.06. The maximum atomic E-state index is 10.7. The second-order valence-electron chi connectivity index (χ2n) is 2.86. The maximum absolute atomic E-state index is 10.7. The van der Waals surface area contributed by atoms with Gasteiger partial charge in [-0.25, -0.2) is 0 Å². The molecule has 1 aromatic carbocycles. The molecule has 0 saturated heterocycles. The van der Waals surface area contributed by atoms with Gasteiger partial charge in [0.05, 0.1) is 0 Å². The summed E-state index contributed by atoms with van der Waals surface area (Å²) >= 11 is 0.221. The molecule has 69 valence electrons. The molecule has 0 heterocycles. The van der Waals surface area contributed by atoms with Crippen LogP contribution in [0.3, 0.4) is 0 Å². The Morgan fingerprint density at radius 1 is 1.43 bits per heavy atom. The van der Waals surface area contributed by atoms with Gasteiger partial charge in [-0.1, -0.05) is 0 Å². The Morgan fingerprint density at radius 2 is 2.07 bits per heavy atom. The number of amides is 1. The predicted octanol–water partition coefficient (Wildman–Crippen LogP) is 0.515. The predicted molar refractivity (Wildman–Crippen MR) is 47.3 cm³/mol. The second kappa shape index (κ2) is 4.55. The SMILES string of the molecule is CC(=O)Nc1ccc(C(=O)O)[c]([Hg])c1. The van der Waals surface area contributed by atoms with E-state index in [0.717, 1.165) is 3.07 Å². The van der Waals surface area contributed by atoms with Crippen molar-refractivity contribution in [1.82, 2.24) is 0 Å². The summed E-state index contributed by atoms with van der Waals surface area (Å²) in [5.41, 5.74) is 0.995. The zero-order valence-corrected chi connectivity index (χ0v) is 13.2. The molecule has 0 fully saturated rings. The van der Waals surface area contributed by atoms with E-state index < -0.39 is 5.97 Å². The average Bonchev–Trinajstić information content (AvgIpc) is 2.01. The fourth-order valence-corrected chi connectivity index (χ4v) is 2.98. The molecular formula is C9H8HgNO3. The molecule has 0 atom stereocenters. The molecule has 0 bridgehead atoms. The van der Waals surface area contributed by atoms with Crippen LogP contribution in [0.4, 0.5) is 5.69 Å². The van der Waals surface area contributed by atoms with Crippen molar-refractivity contribution in [3.8, 4) is 0 Å². The van der Waals surface area contributed by atoms with E-state index in [9.17, 15) is 9.59 Å². The van der Waals surface area contributed by atoms with Gasteiger partial charge in [0.1, 0.15) is 0 Å². The van der Waals surface area contributed by atoms with Crippen LogP contribution in [0.15, 0.2) is 18.2 Å². The topological polar surface area (TPSA) is 66.4 Å². The van der Waals surface area contributed by atoms with Crippen molar-refractivity contribution in [3.63, 3.8) is 0 Å². The van der Waals surface area contributed by atoms with E-state index in [4.69, 9.17) is 5.11 Å². The molecule has 0 unspecified atom stereocenters. The van der Waals surface area contributed by atoms with Gasteiger partial charge in [0.15, 0.2) is 0 Å². The van der Waals surface area contributed by atoms with E-state index in [-0.39, 0.29) is 32.0 Å². The van der Waals surface area contributed by atoms with Gasteiger partial charge in [-0.05, 0) is 0 Å². The van der Waals surface area contributed by atoms with Crippen molar-refractivity contribution in [1.29, 1.82) is 0 Å². The Morgan fingerprint density at radius 3 is 2.50 bits per heavy atom. The summed E-state index contributed by atoms with van der Waals surface area (Å²) in [7, 11) is 0. The first-order valence-electron chi connectivity index (χ1n) is 3.97. The molecule has 0 spiro atoms. The molecule has 1 amide bonds. The Bertz CT molecular complexity index is 390. The van der Waals surface area contributed by atoms with Crippen LogP contribution >= 0.6 is 0 Å². The third kappa shape index (κ3) is 2.80. The molecule has 0 aliphatic heterocycles. The first-order valence-corrected chi connectivity index (χ1v) is 6.72. The van der Waals surface area contributed by atoms with Gasteiger partial charge < -0.3 is 0 Å². The van der Waals surface area contributed by atoms with E-state index in [1.54, 1.807) is 12.1 Å². The third-order valence-electron chi connectivity index (χ3n) is 1.66. The number of rotatable bonds is 2. The summed E-state index contributed by atoms with van der Waals surface area (Å²) in [5, 5.41) is 11.4. The molecule has 5 heteroatoms. The molecular weight excluding hydrogens is 371 g/mol. The van der Waals surface area contributed by atoms with E-state index in [2.05, 4.69) is 5.32 Å². The molecule has 14 heavy (non-hydrogen) atoms. The summed E-state index contributed by atoms with van der Waals surface area (Å²) < 4.78 is 0.823. The molecule has 2 N–H and O–H groups in total. The fourth-order valence-electron chi connectivity index (χ4n) is 1.08. The molecule has 0 radical (unpaired) electrons. The zero-order valence-electron chi connectivity index (χ0n) is 7.70. The van der Waals surface area contributed by atoms with Crippen molar-refractivity contribution >= 4 is 20.6 Å². The van der Waals surface area contributed by atoms with E-state index in [1.165, 1.54) is 13.0 Å². The minimum atomic E-state index is -0.913. The number of anilines is 1. The standard InChI is InChI=1S/C9H8NO3.Hg/c1-6(11)10-8-4-2-7(3-5-8)9(12)13;/h2,4-5H,1H3,(H,10,11)(H,12,13);. The number of carbonyl (C=O) groups excluding carboxylic acids is 1. The summed E-state index contributed by atoms with van der Waals surface area (Å²) in [6.07, 6.45) is 0. The minimum absolute atomic E-state index is 0.152. The quantitative estimate of drug-likeness (QED) is 0.737. The zero-order chi connectivity index (χ0) is 10.7. The number of nitrogens with one attached hydrogen (secondary N) is 1. The van der Waals surface area contributed by atoms with Crippen molar-refractivity contribution in [2.75, 3.05) is 5.32 Å². The number of carbonyl (C=O) groups is 2. The second-order valence-corrected chi connectivity index (χ2v) is 5.82. The van der Waals surface area contributed by atoms with Gasteiger partial charge in [-0.2, -0.15) is 0 Å². The Kier molecular flexibility index (Phi) is 3.63. The summed E-state index contributed by atoms with van der Waals surface area (Å²) in [6, 6.07) is 4.84. The van der Waals surface area contributed by atoms with Crippen molar-refractivity contribution < 1.29 is 40.8 Å². The van der Waals surface area contributed by atoms with Gasteiger partial charge in [-0.15, -0.1) is 0 Å². The Hall–Kier alpha value is -0.905. The molecule has 0 aliphatic carbocycles. The van der Waals surface area contributed by atoms with E-state index in [0.29, 0.717) is 11.3 Å². The van der Waals surface area contributed by atoms with Crippen molar-refractivity contribution in [2.24, 2.45) is 0 Å². The van der Waals surface area contributed by atoms with Gasteiger partial charge in [0.25, 0.3) is 0 Å². The summed E-state index contributed by atoms with van der Waals surface area (Å²) in [4.78, 5) is 21.4. The van der Waals surface area contributed by atoms with Crippen LogP contribution in [0, 0.1) is 0 Å². The van der Waals surface area contributed by atoms with Crippen LogP contribution < -0.4 is 8.39 Å². The number of carboxylic acids is 1. The van der Waals surface area contributed by atoms with Crippen LogP contribution in [0.5, 0.6) is 0 Å². The molecule has 0 aliphatic rings. The monoisotopic (exact) mass is 380 g/mol. The Labute approximate surface area is 97.3 Å². The van der Waals surface area contributed by atoms with Crippen LogP contribution in [0.25, 0.3) is 0 Å². The van der Waals surface area contributed by atoms with Crippen LogP contribution in [0.1, 0.15) is 17.3 Å². The molecule has 0 aromatic heterocycles. The molecule has 1 aromatic rings. The van der Waals surface area contributed by atoms with Gasteiger partial charge in [-0.3, -0.25) is 0 Å². The first kappa shape index (κ1) is 11.2. The van der Waals surface area contributed by atoms with Crippen LogP contribution in [-0.2, 0) is 30.9 Å². The van der Waals surface area contributed by atoms with Gasteiger partial charge in [0, 0.05) is 0 Å². The number of carboxylic acid groups (broad SMARTS) is 1. The Balaban J connectivity index is 3.00. The first-order chi connectivity index (χ1) is 6.50.